The lowest BCUT2D eigenvalue weighted by Crippen LogP contribution is -1.97. The van der Waals surface area contributed by atoms with Crippen molar-refractivity contribution in [3.8, 4) is 11.4 Å². The Morgan fingerprint density at radius 3 is 2.74 bits per heavy atom. The fourth-order valence-electron chi connectivity index (χ4n) is 1.95. The van der Waals surface area contributed by atoms with Crippen LogP contribution in [0.2, 0.25) is 0 Å². The molecule has 1 heterocycles. The van der Waals surface area contributed by atoms with E-state index in [2.05, 4.69) is 31.2 Å². The Kier molecular flexibility index (Phi) is 4.44. The van der Waals surface area contributed by atoms with E-state index in [0.717, 1.165) is 0 Å². The van der Waals surface area contributed by atoms with Crippen molar-refractivity contribution in [3.63, 3.8) is 0 Å². The van der Waals surface area contributed by atoms with Gasteiger partial charge in [0, 0.05) is 10.0 Å². The van der Waals surface area contributed by atoms with Crippen LogP contribution in [0.15, 0.2) is 52.0 Å². The molecule has 4 nitrogen and oxygen atoms in total. The molecule has 0 atom stereocenters. The van der Waals surface area contributed by atoms with Crippen molar-refractivity contribution >= 4 is 34.4 Å². The molecule has 0 saturated heterocycles. The molecule has 0 aliphatic carbocycles. The summed E-state index contributed by atoms with van der Waals surface area (Å²) in [7, 11) is 0. The monoisotopic (exact) mass is 394 g/mol. The Morgan fingerprint density at radius 2 is 1.96 bits per heavy atom. The molecule has 0 bridgehead atoms. The van der Waals surface area contributed by atoms with Crippen LogP contribution in [0, 0.1) is 16.4 Å². The van der Waals surface area contributed by atoms with Crippen LogP contribution in [0.5, 0.6) is 0 Å². The summed E-state index contributed by atoms with van der Waals surface area (Å²) in [4.78, 5) is 0. The van der Waals surface area contributed by atoms with E-state index in [9.17, 15) is 8.78 Å². The third kappa shape index (κ3) is 3.27. The van der Waals surface area contributed by atoms with Crippen LogP contribution in [0.3, 0.4) is 0 Å². The molecule has 0 aliphatic heterocycles. The molecule has 3 rings (SSSR count). The van der Waals surface area contributed by atoms with Gasteiger partial charge in [0.25, 0.3) is 0 Å². The quantitative estimate of drug-likeness (QED) is 0.523. The lowest BCUT2D eigenvalue weighted by atomic mass is 10.2. The Bertz CT molecular complexity index is 949. The molecule has 8 heteroatoms. The Labute approximate surface area is 143 Å². The van der Waals surface area contributed by atoms with Crippen LogP contribution < -0.4 is 0 Å². The minimum absolute atomic E-state index is 0.176. The van der Waals surface area contributed by atoms with Crippen LogP contribution in [-0.4, -0.2) is 21.1 Å². The fraction of sp³-hybridized carbons (Fsp3) is 0. The van der Waals surface area contributed by atoms with Crippen molar-refractivity contribution in [2.75, 3.05) is 0 Å². The van der Waals surface area contributed by atoms with E-state index in [1.54, 1.807) is 30.3 Å². The maximum atomic E-state index is 13.9. The summed E-state index contributed by atoms with van der Waals surface area (Å²) in [6.45, 7) is 0. The van der Waals surface area contributed by atoms with Crippen LogP contribution >= 0.6 is 28.1 Å². The topological polar surface area (TPSA) is 46.0 Å². The van der Waals surface area contributed by atoms with Crippen molar-refractivity contribution in [2.45, 2.75) is 0 Å². The van der Waals surface area contributed by atoms with Gasteiger partial charge in [0.1, 0.15) is 11.6 Å². The normalized spacial score (nSPS) is 11.3. The van der Waals surface area contributed by atoms with E-state index >= 15 is 0 Å². The number of hydrogen-bond donors (Lipinski definition) is 1. The first-order valence-corrected chi connectivity index (χ1v) is 7.68. The largest absolute Gasteiger partial charge is 0.250 e. The third-order valence-corrected chi connectivity index (χ3v) is 3.79. The standard InChI is InChI=1S/C15H9BrF2N4S/c16-10-5-6-12(17)9(7-10)8-19-22-14(20-21-15(22)23)11-3-1-2-4-13(11)18/h1-8H,(H,21,23)/b19-8+. The summed E-state index contributed by atoms with van der Waals surface area (Å²) in [6, 6.07) is 10.6. The molecule has 2 aromatic carbocycles. The summed E-state index contributed by atoms with van der Waals surface area (Å²) >= 11 is 8.36. The first-order valence-electron chi connectivity index (χ1n) is 6.48. The van der Waals surface area contributed by atoms with E-state index in [-0.39, 0.29) is 21.7 Å². The second-order valence-corrected chi connectivity index (χ2v) is 5.86. The Hall–Kier alpha value is -2.19. The van der Waals surface area contributed by atoms with Crippen molar-refractivity contribution in [1.29, 1.82) is 0 Å². The molecule has 1 N–H and O–H groups in total. The van der Waals surface area contributed by atoms with Gasteiger partial charge in [-0.1, -0.05) is 28.1 Å². The van der Waals surface area contributed by atoms with E-state index < -0.39 is 11.6 Å². The number of aromatic amines is 1. The molecule has 1 aromatic heterocycles. The van der Waals surface area contributed by atoms with E-state index in [4.69, 9.17) is 12.2 Å². The smallest absolute Gasteiger partial charge is 0.216 e. The molecule has 0 radical (unpaired) electrons. The Balaban J connectivity index is 2.06. The molecule has 3 aromatic rings. The van der Waals surface area contributed by atoms with Gasteiger partial charge < -0.3 is 0 Å². The number of halogens is 3. The molecule has 116 valence electrons. The van der Waals surface area contributed by atoms with Crippen molar-refractivity contribution < 1.29 is 8.78 Å². The molecule has 0 unspecified atom stereocenters. The van der Waals surface area contributed by atoms with Crippen molar-refractivity contribution in [2.24, 2.45) is 5.10 Å². The summed E-state index contributed by atoms with van der Waals surface area (Å²) < 4.78 is 29.8. The van der Waals surface area contributed by atoms with Gasteiger partial charge in [0.15, 0.2) is 5.82 Å². The van der Waals surface area contributed by atoms with Gasteiger partial charge in [-0.2, -0.15) is 14.9 Å². The zero-order chi connectivity index (χ0) is 16.4. The first kappa shape index (κ1) is 15.7. The predicted octanol–water partition coefficient (Wildman–Crippen LogP) is 4.53. The Morgan fingerprint density at radius 1 is 1.17 bits per heavy atom. The van der Waals surface area contributed by atoms with Gasteiger partial charge in [-0.15, -0.1) is 0 Å². The highest BCUT2D eigenvalue weighted by Gasteiger charge is 2.12. The first-order chi connectivity index (χ1) is 11.1. The van der Waals surface area contributed by atoms with Crippen LogP contribution in [0.25, 0.3) is 11.4 Å². The second kappa shape index (κ2) is 6.51. The number of nitrogens with zero attached hydrogens (tertiary/aromatic N) is 3. The third-order valence-electron chi connectivity index (χ3n) is 3.04. The maximum absolute atomic E-state index is 13.9. The summed E-state index contributed by atoms with van der Waals surface area (Å²) in [6.07, 6.45) is 1.30. The highest BCUT2D eigenvalue weighted by molar-refractivity contribution is 9.10. The van der Waals surface area contributed by atoms with E-state index in [1.165, 1.54) is 23.0 Å². The molecular formula is C15H9BrF2N4S. The summed E-state index contributed by atoms with van der Waals surface area (Å²) in [5.74, 6) is -0.675. The summed E-state index contributed by atoms with van der Waals surface area (Å²) in [5.41, 5.74) is 0.508. The minimum Gasteiger partial charge on any atom is -0.250 e. The molecular weight excluding hydrogens is 386 g/mol. The lowest BCUT2D eigenvalue weighted by molar-refractivity contribution is 0.624. The van der Waals surface area contributed by atoms with E-state index in [1.807, 2.05) is 0 Å². The molecule has 0 spiro atoms. The maximum Gasteiger partial charge on any atom is 0.216 e. The lowest BCUT2D eigenvalue weighted by Gasteiger charge is -2.02. The van der Waals surface area contributed by atoms with Crippen molar-refractivity contribution in [3.05, 3.63) is 68.9 Å². The average Bonchev–Trinajstić information content (AvgIpc) is 2.89. The second-order valence-electron chi connectivity index (χ2n) is 4.55. The predicted molar refractivity (Wildman–Crippen MR) is 89.9 cm³/mol. The van der Waals surface area contributed by atoms with Gasteiger partial charge in [0.05, 0.1) is 11.8 Å². The van der Waals surface area contributed by atoms with Gasteiger partial charge in [-0.25, -0.2) is 13.9 Å². The molecule has 0 fully saturated rings. The highest BCUT2D eigenvalue weighted by atomic mass is 79.9. The number of aromatic nitrogens is 3. The number of H-pyrrole nitrogens is 1. The number of nitrogens with one attached hydrogen (secondary N) is 1. The SMILES string of the molecule is Fc1ccc(Br)cc1/C=N/n1c(-c2ccccc2F)n[nH]c1=S. The minimum atomic E-state index is -0.452. The molecule has 0 amide bonds. The number of hydrogen-bond acceptors (Lipinski definition) is 3. The van der Waals surface area contributed by atoms with E-state index in [0.29, 0.717) is 4.47 Å². The van der Waals surface area contributed by atoms with Gasteiger partial charge in [-0.3, -0.25) is 0 Å². The highest BCUT2D eigenvalue weighted by Crippen LogP contribution is 2.21. The average molecular weight is 395 g/mol. The molecule has 23 heavy (non-hydrogen) atoms. The van der Waals surface area contributed by atoms with Gasteiger partial charge in [-0.05, 0) is 42.5 Å². The zero-order valence-electron chi connectivity index (χ0n) is 11.5. The van der Waals surface area contributed by atoms with Gasteiger partial charge >= 0.3 is 0 Å². The van der Waals surface area contributed by atoms with Crippen LogP contribution in [0.1, 0.15) is 5.56 Å². The fourth-order valence-corrected chi connectivity index (χ4v) is 2.51. The molecule has 0 saturated carbocycles. The number of benzene rings is 2. The molecule has 0 aliphatic rings. The van der Waals surface area contributed by atoms with Crippen LogP contribution in [0.4, 0.5) is 8.78 Å². The van der Waals surface area contributed by atoms with Crippen LogP contribution in [-0.2, 0) is 0 Å². The summed E-state index contributed by atoms with van der Waals surface area (Å²) in [5, 5.41) is 10.7. The number of rotatable bonds is 3. The van der Waals surface area contributed by atoms with Crippen molar-refractivity contribution in [1.82, 2.24) is 14.9 Å². The van der Waals surface area contributed by atoms with Gasteiger partial charge in [0.2, 0.25) is 4.77 Å². The zero-order valence-corrected chi connectivity index (χ0v) is 13.9.